The van der Waals surface area contributed by atoms with Crippen LogP contribution in [0.1, 0.15) is 13.3 Å². The SMILES string of the molecule is CC=COCC[N+](S)(S)CCCS(=O)(=O)O. The molecule has 0 aliphatic rings. The van der Waals surface area contributed by atoms with E-state index >= 15 is 0 Å². The van der Waals surface area contributed by atoms with Gasteiger partial charge in [-0.3, -0.25) is 4.55 Å². The van der Waals surface area contributed by atoms with E-state index in [1.54, 1.807) is 12.3 Å². The molecule has 5 nitrogen and oxygen atoms in total. The number of rotatable bonds is 8. The topological polar surface area (TPSA) is 63.6 Å². The van der Waals surface area contributed by atoms with Crippen molar-refractivity contribution in [1.29, 1.82) is 0 Å². The van der Waals surface area contributed by atoms with Gasteiger partial charge in [0.15, 0.2) is 0 Å². The molecule has 1 N–H and O–H groups in total. The standard InChI is InChI=1S/C8H17NO4S3/c1-2-6-13-7-5-9(14,15)4-3-8-16(10,11)12/h2,6,14-15H,3-5,7-8H2,1H3/p+1. The Hall–Kier alpha value is 0.110. The monoisotopic (exact) mass is 288 g/mol. The van der Waals surface area contributed by atoms with Crippen molar-refractivity contribution in [2.75, 3.05) is 25.4 Å². The minimum atomic E-state index is -3.90. The van der Waals surface area contributed by atoms with Gasteiger partial charge in [0.05, 0.1) is 37.6 Å². The van der Waals surface area contributed by atoms with E-state index in [0.29, 0.717) is 26.1 Å². The van der Waals surface area contributed by atoms with Crippen molar-refractivity contribution in [3.63, 3.8) is 0 Å². The quantitative estimate of drug-likeness (QED) is 0.207. The number of hydrogen-bond donors (Lipinski definition) is 3. The first kappa shape index (κ1) is 16.1. The van der Waals surface area contributed by atoms with Crippen LogP contribution in [-0.4, -0.2) is 41.7 Å². The van der Waals surface area contributed by atoms with Crippen molar-refractivity contribution in [3.05, 3.63) is 12.3 Å². The first-order chi connectivity index (χ1) is 7.27. The molecule has 0 aliphatic heterocycles. The van der Waals surface area contributed by atoms with Gasteiger partial charge < -0.3 is 4.74 Å². The lowest BCUT2D eigenvalue weighted by molar-refractivity contribution is -0.641. The normalized spacial score (nSPS) is 13.2. The molecule has 0 unspecified atom stereocenters. The lowest BCUT2D eigenvalue weighted by Crippen LogP contribution is -2.33. The first-order valence-electron chi connectivity index (χ1n) is 4.77. The van der Waals surface area contributed by atoms with E-state index < -0.39 is 10.1 Å². The molecule has 0 spiro atoms. The van der Waals surface area contributed by atoms with Crippen LogP contribution in [0.4, 0.5) is 0 Å². The molecule has 8 heteroatoms. The fraction of sp³-hybridized carbons (Fsp3) is 0.750. The molecule has 0 saturated heterocycles. The summed E-state index contributed by atoms with van der Waals surface area (Å²) in [4.78, 5) is 0. The largest absolute Gasteiger partial charge is 0.496 e. The van der Waals surface area contributed by atoms with Crippen molar-refractivity contribution >= 4 is 35.7 Å². The lowest BCUT2D eigenvalue weighted by atomic mass is 10.5. The molecule has 0 radical (unpaired) electrons. The fourth-order valence-corrected chi connectivity index (χ4v) is 1.92. The van der Waals surface area contributed by atoms with Gasteiger partial charge in [-0.2, -0.15) is 8.42 Å². The Labute approximate surface area is 108 Å². The average molecular weight is 288 g/mol. The van der Waals surface area contributed by atoms with Crippen LogP contribution < -0.4 is 0 Å². The summed E-state index contributed by atoms with van der Waals surface area (Å²) in [5.41, 5.74) is 0. The molecule has 96 valence electrons. The van der Waals surface area contributed by atoms with Gasteiger partial charge in [0.2, 0.25) is 0 Å². The highest BCUT2D eigenvalue weighted by Crippen LogP contribution is 2.16. The van der Waals surface area contributed by atoms with E-state index in [1.807, 2.05) is 6.92 Å². The predicted molar refractivity (Wildman–Crippen MR) is 69.8 cm³/mol. The van der Waals surface area contributed by atoms with E-state index in [2.05, 4.69) is 25.6 Å². The van der Waals surface area contributed by atoms with Crippen LogP contribution in [0.3, 0.4) is 0 Å². The second kappa shape index (κ2) is 7.44. The molecule has 0 aromatic carbocycles. The van der Waals surface area contributed by atoms with Crippen molar-refractivity contribution in [2.45, 2.75) is 13.3 Å². The summed E-state index contributed by atoms with van der Waals surface area (Å²) < 4.78 is 34.7. The highest BCUT2D eigenvalue weighted by Gasteiger charge is 2.20. The van der Waals surface area contributed by atoms with Crippen LogP contribution in [0.25, 0.3) is 0 Å². The smallest absolute Gasteiger partial charge is 0.265 e. The number of thiol groups is 2. The summed E-state index contributed by atoms with van der Waals surface area (Å²) in [5, 5.41) is 0. The van der Waals surface area contributed by atoms with Crippen molar-refractivity contribution in [1.82, 2.24) is 0 Å². The highest BCUT2D eigenvalue weighted by molar-refractivity contribution is 7.87. The summed E-state index contributed by atoms with van der Waals surface area (Å²) >= 11 is 8.48. The number of quaternary nitrogens is 1. The van der Waals surface area contributed by atoms with E-state index in [-0.39, 0.29) is 9.05 Å². The van der Waals surface area contributed by atoms with Gasteiger partial charge in [-0.1, -0.05) is 6.08 Å². The summed E-state index contributed by atoms with van der Waals surface area (Å²) in [7, 11) is -3.90. The average Bonchev–Trinajstić information content (AvgIpc) is 2.10. The molecule has 0 bridgehead atoms. The zero-order valence-electron chi connectivity index (χ0n) is 9.11. The zero-order valence-corrected chi connectivity index (χ0v) is 11.7. The Bertz CT molecular complexity index is 313. The van der Waals surface area contributed by atoms with Crippen molar-refractivity contribution in [3.8, 4) is 0 Å². The molecule has 0 rings (SSSR count). The van der Waals surface area contributed by atoms with Gasteiger partial charge in [0.25, 0.3) is 10.1 Å². The Morgan fingerprint density at radius 2 is 2.00 bits per heavy atom. The van der Waals surface area contributed by atoms with E-state index in [1.165, 1.54) is 0 Å². The maximum atomic E-state index is 10.5. The van der Waals surface area contributed by atoms with Crippen molar-refractivity contribution in [2.24, 2.45) is 0 Å². The van der Waals surface area contributed by atoms with Gasteiger partial charge in [0, 0.05) is 6.42 Å². The number of allylic oxidation sites excluding steroid dienone is 1. The van der Waals surface area contributed by atoms with E-state index in [0.717, 1.165) is 0 Å². The second-order valence-corrected chi connectivity index (χ2v) is 6.72. The maximum absolute atomic E-state index is 10.5. The molecule has 0 aliphatic carbocycles. The number of nitrogens with zero attached hydrogens (tertiary/aromatic N) is 1. The van der Waals surface area contributed by atoms with E-state index in [9.17, 15) is 8.42 Å². The Kier molecular flexibility index (Phi) is 7.49. The van der Waals surface area contributed by atoms with Gasteiger partial charge in [-0.05, 0) is 6.92 Å². The summed E-state index contributed by atoms with van der Waals surface area (Å²) in [6, 6.07) is 0. The van der Waals surface area contributed by atoms with Crippen LogP contribution >= 0.6 is 25.6 Å². The maximum Gasteiger partial charge on any atom is 0.265 e. The molecule has 0 aromatic heterocycles. The molecular weight excluding hydrogens is 270 g/mol. The second-order valence-electron chi connectivity index (χ2n) is 3.31. The third-order valence-electron chi connectivity index (χ3n) is 1.72. The van der Waals surface area contributed by atoms with Crippen molar-refractivity contribution < 1.29 is 21.0 Å². The number of hydrogen-bond acceptors (Lipinski definition) is 5. The predicted octanol–water partition coefficient (Wildman–Crippen LogP) is 1.32. The van der Waals surface area contributed by atoms with Gasteiger partial charge in [0.1, 0.15) is 19.7 Å². The van der Waals surface area contributed by atoms with Gasteiger partial charge in [-0.25, -0.2) is 3.29 Å². The fourth-order valence-electron chi connectivity index (χ4n) is 0.975. The minimum Gasteiger partial charge on any atom is -0.496 e. The van der Waals surface area contributed by atoms with E-state index in [4.69, 9.17) is 9.29 Å². The van der Waals surface area contributed by atoms with Crippen LogP contribution in [0.2, 0.25) is 0 Å². The Morgan fingerprint density at radius 1 is 1.38 bits per heavy atom. The van der Waals surface area contributed by atoms with Gasteiger partial charge >= 0.3 is 0 Å². The minimum absolute atomic E-state index is 0.0626. The molecule has 0 aromatic rings. The van der Waals surface area contributed by atoms with Gasteiger partial charge in [-0.15, -0.1) is 0 Å². The molecule has 16 heavy (non-hydrogen) atoms. The third kappa shape index (κ3) is 10.6. The highest BCUT2D eigenvalue weighted by atomic mass is 32.2. The van der Waals surface area contributed by atoms with Crippen LogP contribution in [0.5, 0.6) is 0 Å². The lowest BCUT2D eigenvalue weighted by Gasteiger charge is -2.23. The molecule has 0 atom stereocenters. The first-order valence-corrected chi connectivity index (χ1v) is 7.18. The van der Waals surface area contributed by atoms with Crippen LogP contribution in [0, 0.1) is 0 Å². The Balaban J connectivity index is 3.78. The molecule has 0 saturated carbocycles. The number of ether oxygens (including phenoxy) is 1. The Morgan fingerprint density at radius 3 is 2.50 bits per heavy atom. The summed E-state index contributed by atoms with van der Waals surface area (Å²) in [6.07, 6.45) is 3.64. The molecule has 0 amide bonds. The molecular formula is C8H18NO4S3+. The summed E-state index contributed by atoms with van der Waals surface area (Å²) in [5.74, 6) is -0.274. The third-order valence-corrected chi connectivity index (χ3v) is 3.32. The zero-order chi connectivity index (χ0) is 12.7. The molecule has 0 fully saturated rings. The summed E-state index contributed by atoms with van der Waals surface area (Å²) in [6.45, 7) is 3.24. The van der Waals surface area contributed by atoms with Crippen LogP contribution in [0.15, 0.2) is 12.3 Å². The molecule has 0 heterocycles. The van der Waals surface area contributed by atoms with Crippen LogP contribution in [-0.2, 0) is 14.9 Å².